The Morgan fingerprint density at radius 2 is 0.915 bits per heavy atom. The van der Waals surface area contributed by atoms with Gasteiger partial charge in [0.1, 0.15) is 0 Å². The number of nitrogens with zero attached hydrogens (tertiary/aromatic N) is 3. The van der Waals surface area contributed by atoms with Crippen molar-refractivity contribution >= 4 is 65.0 Å². The average Bonchev–Trinajstić information content (AvgIpc) is 3.66. The van der Waals surface area contributed by atoms with Gasteiger partial charge in [-0.05, 0) is 86.6 Å². The van der Waals surface area contributed by atoms with E-state index >= 15 is 0 Å². The van der Waals surface area contributed by atoms with E-state index in [2.05, 4.69) is 217 Å². The second kappa shape index (κ2) is 13.4. The number of hydrogen-bond acceptors (Lipinski definition) is 2. The van der Waals surface area contributed by atoms with Crippen molar-refractivity contribution in [2.24, 2.45) is 0 Å². The Bertz CT molecular complexity index is 3520. The van der Waals surface area contributed by atoms with Gasteiger partial charge in [-0.15, -0.1) is 0 Å². The maximum Gasteiger partial charge on any atom is 0.0809 e. The predicted molar refractivity (Wildman–Crippen MR) is 248 cm³/mol. The molecule has 12 rings (SSSR count). The van der Waals surface area contributed by atoms with E-state index in [9.17, 15) is 0 Å². The van der Waals surface area contributed by atoms with Crippen LogP contribution in [0.1, 0.15) is 0 Å². The minimum atomic E-state index is 0.920. The third-order valence-electron chi connectivity index (χ3n) is 11.9. The molecule has 12 aromatic rings. The number of pyridine rings is 2. The summed E-state index contributed by atoms with van der Waals surface area (Å²) in [5.74, 6) is 0. The van der Waals surface area contributed by atoms with Crippen LogP contribution in [0.5, 0.6) is 0 Å². The summed E-state index contributed by atoms with van der Waals surface area (Å²) in [7, 11) is 0. The van der Waals surface area contributed by atoms with Crippen molar-refractivity contribution in [2.75, 3.05) is 0 Å². The molecule has 3 aromatic heterocycles. The lowest BCUT2D eigenvalue weighted by Gasteiger charge is -2.16. The Balaban J connectivity index is 1.12. The molecule has 0 amide bonds. The maximum atomic E-state index is 5.43. The van der Waals surface area contributed by atoms with Crippen LogP contribution in [-0.4, -0.2) is 14.5 Å². The molecule has 0 fully saturated rings. The van der Waals surface area contributed by atoms with Gasteiger partial charge in [-0.2, -0.15) is 0 Å². The fourth-order valence-corrected chi connectivity index (χ4v) is 9.08. The molecular formula is C56H35N3. The van der Waals surface area contributed by atoms with Crippen molar-refractivity contribution in [2.45, 2.75) is 0 Å². The van der Waals surface area contributed by atoms with Crippen LogP contribution in [0, 0.1) is 0 Å². The van der Waals surface area contributed by atoms with Crippen molar-refractivity contribution in [1.82, 2.24) is 14.5 Å². The maximum absolute atomic E-state index is 5.43. The first kappa shape index (κ1) is 33.3. The lowest BCUT2D eigenvalue weighted by molar-refractivity contribution is 1.18. The van der Waals surface area contributed by atoms with Gasteiger partial charge in [0, 0.05) is 43.9 Å². The Kier molecular flexibility index (Phi) is 7.54. The number of para-hydroxylation sites is 2. The Labute approximate surface area is 341 Å². The molecule has 9 aromatic carbocycles. The highest BCUT2D eigenvalue weighted by Crippen LogP contribution is 2.43. The average molecular weight is 750 g/mol. The second-order valence-electron chi connectivity index (χ2n) is 15.4. The van der Waals surface area contributed by atoms with E-state index in [1.807, 2.05) is 0 Å². The molecule has 0 atom stereocenters. The number of hydrogen-bond donors (Lipinski definition) is 0. The third-order valence-corrected chi connectivity index (χ3v) is 11.9. The van der Waals surface area contributed by atoms with Crippen LogP contribution in [0.25, 0.3) is 116 Å². The van der Waals surface area contributed by atoms with Crippen LogP contribution in [-0.2, 0) is 0 Å². The topological polar surface area (TPSA) is 30.7 Å². The van der Waals surface area contributed by atoms with Crippen LogP contribution >= 0.6 is 0 Å². The predicted octanol–water partition coefficient (Wildman–Crippen LogP) is 14.9. The number of fused-ring (bicyclic) bond motifs is 9. The van der Waals surface area contributed by atoms with Gasteiger partial charge in [0.25, 0.3) is 0 Å². The monoisotopic (exact) mass is 749 g/mol. The first-order chi connectivity index (χ1) is 29.2. The van der Waals surface area contributed by atoms with Gasteiger partial charge >= 0.3 is 0 Å². The summed E-state index contributed by atoms with van der Waals surface area (Å²) in [6.07, 6.45) is 0. The summed E-state index contributed by atoms with van der Waals surface area (Å²) < 4.78 is 2.44. The highest BCUT2D eigenvalue weighted by atomic mass is 15.0. The van der Waals surface area contributed by atoms with Crippen LogP contribution in [0.3, 0.4) is 0 Å². The van der Waals surface area contributed by atoms with Gasteiger partial charge in [0.15, 0.2) is 0 Å². The molecule has 59 heavy (non-hydrogen) atoms. The largest absolute Gasteiger partial charge is 0.309 e. The molecule has 0 spiro atoms. The molecule has 3 heteroatoms. The van der Waals surface area contributed by atoms with E-state index in [0.29, 0.717) is 0 Å². The van der Waals surface area contributed by atoms with E-state index in [1.165, 1.54) is 37.7 Å². The second-order valence-corrected chi connectivity index (χ2v) is 15.4. The first-order valence-electron chi connectivity index (χ1n) is 20.1. The van der Waals surface area contributed by atoms with E-state index < -0.39 is 0 Å². The minimum Gasteiger partial charge on any atom is -0.309 e. The van der Waals surface area contributed by atoms with E-state index in [1.54, 1.807) is 0 Å². The van der Waals surface area contributed by atoms with E-state index in [4.69, 9.17) is 9.97 Å². The molecular weight excluding hydrogens is 715 g/mol. The molecule has 274 valence electrons. The van der Waals surface area contributed by atoms with Crippen molar-refractivity contribution in [3.8, 4) is 50.6 Å². The molecule has 0 saturated heterocycles. The molecule has 0 N–H and O–H groups in total. The van der Waals surface area contributed by atoms with Crippen LogP contribution in [0.4, 0.5) is 0 Å². The summed E-state index contributed by atoms with van der Waals surface area (Å²) >= 11 is 0. The van der Waals surface area contributed by atoms with Crippen molar-refractivity contribution < 1.29 is 0 Å². The zero-order valence-electron chi connectivity index (χ0n) is 32.0. The normalized spacial score (nSPS) is 11.7. The number of aromatic nitrogens is 3. The van der Waals surface area contributed by atoms with Crippen LogP contribution < -0.4 is 0 Å². The van der Waals surface area contributed by atoms with Crippen molar-refractivity contribution in [3.05, 3.63) is 212 Å². The lowest BCUT2D eigenvalue weighted by atomic mass is 9.97. The van der Waals surface area contributed by atoms with Crippen LogP contribution in [0.15, 0.2) is 212 Å². The zero-order chi connectivity index (χ0) is 38.9. The summed E-state index contributed by atoms with van der Waals surface area (Å²) in [6.45, 7) is 0. The Hall–Kier alpha value is -7.88. The van der Waals surface area contributed by atoms with Gasteiger partial charge in [-0.25, -0.2) is 9.97 Å². The molecule has 0 bridgehead atoms. The summed E-state index contributed by atoms with van der Waals surface area (Å²) in [5, 5.41) is 10.7. The highest BCUT2D eigenvalue weighted by Gasteiger charge is 2.21. The van der Waals surface area contributed by atoms with E-state index in [-0.39, 0.29) is 0 Å². The molecule has 0 aliphatic rings. The quantitative estimate of drug-likeness (QED) is 0.164. The first-order valence-corrected chi connectivity index (χ1v) is 20.1. The fourth-order valence-electron chi connectivity index (χ4n) is 9.08. The lowest BCUT2D eigenvalue weighted by Crippen LogP contribution is -1.98. The minimum absolute atomic E-state index is 0.920. The number of benzene rings is 9. The zero-order valence-corrected chi connectivity index (χ0v) is 32.0. The van der Waals surface area contributed by atoms with Gasteiger partial charge in [-0.3, -0.25) is 0 Å². The molecule has 3 heterocycles. The SMILES string of the molecule is c1ccc(-c2nc3ccccc3c3ccc4c5ccccc5n(-c5cccc(-c6cc(-c7ccc8ccccc8c7)cc(-c7ccc8ccccc8c7)n6)c5)c4c23)cc1. The molecule has 0 saturated carbocycles. The Morgan fingerprint density at radius 1 is 0.322 bits per heavy atom. The van der Waals surface area contributed by atoms with Gasteiger partial charge < -0.3 is 4.57 Å². The standard InChI is InChI=1S/C56H35N3/c1-2-15-38(16-3-1)55-54-48(46-21-8-10-23-50(46)58-55)29-30-49-47-22-9-11-24-53(47)59(56(49)54)45-20-12-19-42(33-45)51-34-44(41-27-25-36-13-4-6-17-39(36)31-41)35-52(57-51)43-28-26-37-14-5-7-18-40(37)32-43/h1-35H. The third kappa shape index (κ3) is 5.51. The molecule has 3 nitrogen and oxygen atoms in total. The fraction of sp³-hybridized carbons (Fsp3) is 0. The van der Waals surface area contributed by atoms with Gasteiger partial charge in [-0.1, -0.05) is 164 Å². The molecule has 0 radical (unpaired) electrons. The summed E-state index contributed by atoms with van der Waals surface area (Å²) in [6, 6.07) is 76.3. The van der Waals surface area contributed by atoms with E-state index in [0.717, 1.165) is 77.9 Å². The van der Waals surface area contributed by atoms with Gasteiger partial charge in [0.05, 0.1) is 33.6 Å². The smallest absolute Gasteiger partial charge is 0.0809 e. The molecule has 0 aliphatic heterocycles. The molecule has 0 unspecified atom stereocenters. The Morgan fingerprint density at radius 3 is 1.69 bits per heavy atom. The summed E-state index contributed by atoms with van der Waals surface area (Å²) in [5.41, 5.74) is 12.7. The van der Waals surface area contributed by atoms with Crippen LogP contribution in [0.2, 0.25) is 0 Å². The van der Waals surface area contributed by atoms with Gasteiger partial charge in [0.2, 0.25) is 0 Å². The summed E-state index contributed by atoms with van der Waals surface area (Å²) in [4.78, 5) is 10.8. The van der Waals surface area contributed by atoms with Crippen molar-refractivity contribution in [3.63, 3.8) is 0 Å². The highest BCUT2D eigenvalue weighted by molar-refractivity contribution is 6.25. The number of rotatable bonds is 5. The van der Waals surface area contributed by atoms with Crippen molar-refractivity contribution in [1.29, 1.82) is 0 Å². The molecule has 0 aliphatic carbocycles.